The zero-order chi connectivity index (χ0) is 16.3. The Bertz CT molecular complexity index is 592. The first-order chi connectivity index (χ1) is 11.1. The van der Waals surface area contributed by atoms with Gasteiger partial charge in [0.05, 0.1) is 13.2 Å². The molecule has 0 saturated heterocycles. The van der Waals surface area contributed by atoms with Crippen LogP contribution in [0.2, 0.25) is 0 Å². The molecule has 2 fully saturated rings. The molecule has 1 aromatic carbocycles. The van der Waals surface area contributed by atoms with Crippen LogP contribution in [0.4, 0.5) is 4.79 Å². The quantitative estimate of drug-likeness (QED) is 0.877. The Balaban J connectivity index is 1.34. The molecule has 2 amide bonds. The van der Waals surface area contributed by atoms with Crippen LogP contribution in [-0.2, 0) is 6.54 Å². The molecule has 0 aliphatic heterocycles. The first kappa shape index (κ1) is 15.7. The SMILES string of the molecule is COc1ccc(CNC(=O)NC2CC3(CC(CC#N)C3)C2)cc1. The highest BCUT2D eigenvalue weighted by Crippen LogP contribution is 2.59. The summed E-state index contributed by atoms with van der Waals surface area (Å²) in [5.74, 6) is 1.40. The number of methoxy groups -OCH3 is 1. The first-order valence-electron chi connectivity index (χ1n) is 8.17. The van der Waals surface area contributed by atoms with E-state index in [2.05, 4.69) is 16.7 Å². The van der Waals surface area contributed by atoms with Crippen molar-refractivity contribution in [2.24, 2.45) is 11.3 Å². The fourth-order valence-electron chi connectivity index (χ4n) is 4.02. The van der Waals surface area contributed by atoms with E-state index in [1.165, 1.54) is 0 Å². The van der Waals surface area contributed by atoms with Crippen LogP contribution in [0.25, 0.3) is 0 Å². The van der Waals surface area contributed by atoms with Gasteiger partial charge in [-0.15, -0.1) is 0 Å². The monoisotopic (exact) mass is 313 g/mol. The number of hydrogen-bond donors (Lipinski definition) is 2. The van der Waals surface area contributed by atoms with Crippen molar-refractivity contribution in [2.75, 3.05) is 7.11 Å². The Labute approximate surface area is 137 Å². The summed E-state index contributed by atoms with van der Waals surface area (Å²) in [5, 5.41) is 14.6. The highest BCUT2D eigenvalue weighted by atomic mass is 16.5. The number of urea groups is 1. The van der Waals surface area contributed by atoms with Crippen LogP contribution in [0.5, 0.6) is 5.75 Å². The van der Waals surface area contributed by atoms with Crippen molar-refractivity contribution in [3.8, 4) is 11.8 Å². The smallest absolute Gasteiger partial charge is 0.315 e. The second-order valence-corrected chi connectivity index (χ2v) is 6.92. The van der Waals surface area contributed by atoms with Crippen LogP contribution >= 0.6 is 0 Å². The largest absolute Gasteiger partial charge is 0.497 e. The molecule has 0 aromatic heterocycles. The molecule has 0 unspecified atom stereocenters. The molecule has 122 valence electrons. The second-order valence-electron chi connectivity index (χ2n) is 6.92. The van der Waals surface area contributed by atoms with Gasteiger partial charge in [-0.3, -0.25) is 0 Å². The van der Waals surface area contributed by atoms with Crippen LogP contribution < -0.4 is 15.4 Å². The number of carbonyl (C=O) groups excluding carboxylic acids is 1. The van der Waals surface area contributed by atoms with Crippen LogP contribution in [0.15, 0.2) is 24.3 Å². The molecule has 1 aromatic rings. The molecular weight excluding hydrogens is 290 g/mol. The van der Waals surface area contributed by atoms with Crippen LogP contribution in [0.3, 0.4) is 0 Å². The zero-order valence-electron chi connectivity index (χ0n) is 13.5. The van der Waals surface area contributed by atoms with Gasteiger partial charge >= 0.3 is 6.03 Å². The molecule has 5 heteroatoms. The number of rotatable bonds is 5. The number of hydrogen-bond acceptors (Lipinski definition) is 3. The molecule has 0 bridgehead atoms. The van der Waals surface area contributed by atoms with Crippen molar-refractivity contribution < 1.29 is 9.53 Å². The van der Waals surface area contributed by atoms with Crippen molar-refractivity contribution in [3.63, 3.8) is 0 Å². The molecule has 2 saturated carbocycles. The molecule has 0 radical (unpaired) electrons. The van der Waals surface area contributed by atoms with Gasteiger partial charge in [-0.05, 0) is 54.7 Å². The summed E-state index contributed by atoms with van der Waals surface area (Å²) in [7, 11) is 1.64. The van der Waals surface area contributed by atoms with Crippen molar-refractivity contribution in [2.45, 2.75) is 44.7 Å². The Morgan fingerprint density at radius 1 is 1.30 bits per heavy atom. The standard InChI is InChI=1S/C18H23N3O2/c1-23-16-4-2-13(3-5-16)12-20-17(22)21-15-10-18(11-15)8-14(9-18)6-7-19/h2-5,14-15H,6,8-12H2,1H3,(H2,20,21,22). The van der Waals surface area contributed by atoms with Gasteiger partial charge in [0.15, 0.2) is 0 Å². The fraction of sp³-hybridized carbons (Fsp3) is 0.556. The zero-order valence-corrected chi connectivity index (χ0v) is 13.5. The van der Waals surface area contributed by atoms with Gasteiger partial charge < -0.3 is 15.4 Å². The summed E-state index contributed by atoms with van der Waals surface area (Å²) in [6.45, 7) is 0.512. The summed E-state index contributed by atoms with van der Waals surface area (Å²) in [6, 6.07) is 10.1. The van der Waals surface area contributed by atoms with E-state index < -0.39 is 0 Å². The third-order valence-corrected chi connectivity index (χ3v) is 5.13. The Hall–Kier alpha value is -2.22. The van der Waals surface area contributed by atoms with E-state index in [-0.39, 0.29) is 12.1 Å². The van der Waals surface area contributed by atoms with Gasteiger partial charge in [-0.25, -0.2) is 4.79 Å². The lowest BCUT2D eigenvalue weighted by molar-refractivity contribution is -0.0439. The summed E-state index contributed by atoms with van der Waals surface area (Å²) in [5.41, 5.74) is 1.47. The maximum absolute atomic E-state index is 11.9. The maximum atomic E-state index is 11.9. The molecule has 0 atom stereocenters. The Morgan fingerprint density at radius 3 is 2.61 bits per heavy atom. The predicted molar refractivity (Wildman–Crippen MR) is 86.8 cm³/mol. The highest BCUT2D eigenvalue weighted by molar-refractivity contribution is 5.74. The van der Waals surface area contributed by atoms with E-state index in [0.717, 1.165) is 37.0 Å². The third-order valence-electron chi connectivity index (χ3n) is 5.13. The molecule has 2 N–H and O–H groups in total. The Morgan fingerprint density at radius 2 is 2.00 bits per heavy atom. The van der Waals surface area contributed by atoms with Crippen LogP contribution in [0, 0.1) is 22.7 Å². The number of ether oxygens (including phenoxy) is 1. The number of amides is 2. The van der Waals surface area contributed by atoms with Gasteiger partial charge in [0.25, 0.3) is 0 Å². The number of carbonyl (C=O) groups is 1. The lowest BCUT2D eigenvalue weighted by Crippen LogP contribution is -2.57. The number of benzene rings is 1. The maximum Gasteiger partial charge on any atom is 0.315 e. The van der Waals surface area contributed by atoms with E-state index in [1.54, 1.807) is 7.11 Å². The van der Waals surface area contributed by atoms with Crippen molar-refractivity contribution >= 4 is 6.03 Å². The Kier molecular flexibility index (Phi) is 4.42. The molecule has 2 aliphatic rings. The summed E-state index contributed by atoms with van der Waals surface area (Å²) in [6.07, 6.45) is 5.12. The predicted octanol–water partition coefficient (Wildman–Crippen LogP) is 2.97. The van der Waals surface area contributed by atoms with Gasteiger partial charge in [0.2, 0.25) is 0 Å². The third kappa shape index (κ3) is 3.58. The highest BCUT2D eigenvalue weighted by Gasteiger charge is 2.52. The minimum atomic E-state index is -0.103. The van der Waals surface area contributed by atoms with Gasteiger partial charge in [-0.1, -0.05) is 12.1 Å². The normalized spacial score (nSPS) is 28.2. The topological polar surface area (TPSA) is 74.2 Å². The fourth-order valence-corrected chi connectivity index (χ4v) is 4.02. The molecule has 1 spiro atoms. The molecule has 3 rings (SSSR count). The number of nitriles is 1. The average molecular weight is 313 g/mol. The average Bonchev–Trinajstić information content (AvgIpc) is 2.49. The van der Waals surface area contributed by atoms with E-state index in [1.807, 2.05) is 24.3 Å². The van der Waals surface area contributed by atoms with E-state index in [0.29, 0.717) is 24.3 Å². The second kappa shape index (κ2) is 6.49. The summed E-state index contributed by atoms with van der Waals surface area (Å²) in [4.78, 5) is 11.9. The minimum absolute atomic E-state index is 0.103. The van der Waals surface area contributed by atoms with Crippen molar-refractivity contribution in [1.29, 1.82) is 5.26 Å². The molecule has 2 aliphatic carbocycles. The van der Waals surface area contributed by atoms with Gasteiger partial charge in [0.1, 0.15) is 5.75 Å². The van der Waals surface area contributed by atoms with Crippen molar-refractivity contribution in [1.82, 2.24) is 10.6 Å². The van der Waals surface area contributed by atoms with Crippen molar-refractivity contribution in [3.05, 3.63) is 29.8 Å². The van der Waals surface area contributed by atoms with Gasteiger partial charge in [-0.2, -0.15) is 5.26 Å². The molecule has 23 heavy (non-hydrogen) atoms. The minimum Gasteiger partial charge on any atom is -0.497 e. The molecular formula is C18H23N3O2. The first-order valence-corrected chi connectivity index (χ1v) is 8.17. The summed E-state index contributed by atoms with van der Waals surface area (Å²) >= 11 is 0. The van der Waals surface area contributed by atoms with E-state index in [9.17, 15) is 4.79 Å². The van der Waals surface area contributed by atoms with Crippen LogP contribution in [0.1, 0.15) is 37.7 Å². The molecule has 5 nitrogen and oxygen atoms in total. The van der Waals surface area contributed by atoms with Gasteiger partial charge in [0, 0.05) is 19.0 Å². The lowest BCUT2D eigenvalue weighted by atomic mass is 9.49. The van der Waals surface area contributed by atoms with Crippen LogP contribution in [-0.4, -0.2) is 19.2 Å². The lowest BCUT2D eigenvalue weighted by Gasteiger charge is -2.57. The molecule has 0 heterocycles. The van der Waals surface area contributed by atoms with E-state index >= 15 is 0 Å². The van der Waals surface area contributed by atoms with E-state index in [4.69, 9.17) is 10.00 Å². The summed E-state index contributed by atoms with van der Waals surface area (Å²) < 4.78 is 5.11. The number of nitrogens with one attached hydrogen (secondary N) is 2. The number of nitrogens with zero attached hydrogens (tertiary/aromatic N) is 1.